The van der Waals surface area contributed by atoms with Gasteiger partial charge in [-0.15, -0.1) is 0 Å². The Morgan fingerprint density at radius 3 is 1.53 bits per heavy atom. The van der Waals surface area contributed by atoms with Crippen molar-refractivity contribution in [3.63, 3.8) is 0 Å². The van der Waals surface area contributed by atoms with Gasteiger partial charge >= 0.3 is 185 Å². The molecular weight excluding hydrogens is 567 g/mol. The van der Waals surface area contributed by atoms with Crippen LogP contribution in [0.25, 0.3) is 0 Å². The molecule has 2 aliphatic heterocycles. The van der Waals surface area contributed by atoms with Crippen molar-refractivity contribution in [1.29, 1.82) is 0 Å². The normalized spacial score (nSPS) is 28.2. The average molecular weight is 577 g/mol. The minimum atomic E-state index is -6.29. The summed E-state index contributed by atoms with van der Waals surface area (Å²) < 4.78 is 175. The van der Waals surface area contributed by atoms with E-state index >= 15 is 0 Å². The molecule has 4 rings (SSSR count). The Balaban J connectivity index is 2.08. The summed E-state index contributed by atoms with van der Waals surface area (Å²) in [5.74, 6) is 0. The Hall–Kier alpha value is -1.96. The summed E-state index contributed by atoms with van der Waals surface area (Å²) in [6.45, 7) is 0. The number of alkyl halides is 12. The molecule has 188 valence electrons. The Bertz CT molecular complexity index is 1060. The van der Waals surface area contributed by atoms with Gasteiger partial charge in [-0.3, -0.25) is 0 Å². The summed E-state index contributed by atoms with van der Waals surface area (Å²) in [6.07, 6.45) is -25.1. The van der Waals surface area contributed by atoms with E-state index in [0.717, 1.165) is 36.4 Å². The number of rotatable bonds is 1. The van der Waals surface area contributed by atoms with Crippen LogP contribution in [0.15, 0.2) is 54.6 Å². The molecule has 2 aromatic carbocycles. The first-order valence-electron chi connectivity index (χ1n) is 9.01. The molecule has 0 aromatic heterocycles. The van der Waals surface area contributed by atoms with Gasteiger partial charge in [0, 0.05) is 0 Å². The van der Waals surface area contributed by atoms with Crippen LogP contribution in [0, 0.1) is 0 Å². The molecule has 2 nitrogen and oxygen atoms in total. The molecule has 0 N–H and O–H groups in total. The van der Waals surface area contributed by atoms with Crippen molar-refractivity contribution >= 4 is 18.0 Å². The van der Waals surface area contributed by atoms with Crippen molar-refractivity contribution in [2.75, 3.05) is 0 Å². The average Bonchev–Trinajstić information content (AvgIpc) is 2.99. The fourth-order valence-electron chi connectivity index (χ4n) is 4.14. The standard InChI is InChI=1S/C19H10F12O2Se/c20-16(21,22)14(17(23,24)25)11-8-4-5-9-12(11)34(32-14)13(10-6-2-1-3-7-10)15(33-34,18(26,27)28)19(29,30)31/h1-9,13H. The Morgan fingerprint density at radius 1 is 0.588 bits per heavy atom. The van der Waals surface area contributed by atoms with Crippen LogP contribution in [0.2, 0.25) is 0 Å². The molecule has 0 amide bonds. The van der Waals surface area contributed by atoms with Gasteiger partial charge in [-0.25, -0.2) is 0 Å². The first-order valence-corrected chi connectivity index (χ1v) is 12.3. The van der Waals surface area contributed by atoms with E-state index in [0.29, 0.717) is 12.1 Å². The van der Waals surface area contributed by atoms with Crippen molar-refractivity contribution < 1.29 is 60.3 Å². The van der Waals surface area contributed by atoms with E-state index in [1.807, 2.05) is 0 Å². The van der Waals surface area contributed by atoms with Gasteiger partial charge < -0.3 is 0 Å². The van der Waals surface area contributed by atoms with E-state index in [4.69, 9.17) is 0 Å². The quantitative estimate of drug-likeness (QED) is 0.311. The summed E-state index contributed by atoms with van der Waals surface area (Å²) in [7, 11) is 0. The summed E-state index contributed by atoms with van der Waals surface area (Å²) in [5, 5.41) is 0. The zero-order valence-electron chi connectivity index (χ0n) is 16.0. The number of hydrogen-bond donors (Lipinski definition) is 0. The monoisotopic (exact) mass is 578 g/mol. The molecule has 15 heteroatoms. The molecule has 1 fully saturated rings. The molecule has 1 spiro atoms. The second-order valence-corrected chi connectivity index (χ2v) is 12.3. The van der Waals surface area contributed by atoms with Gasteiger partial charge in [-0.05, 0) is 0 Å². The van der Waals surface area contributed by atoms with E-state index < -0.39 is 69.8 Å². The summed E-state index contributed by atoms with van der Waals surface area (Å²) in [4.78, 5) is -3.04. The summed E-state index contributed by atoms with van der Waals surface area (Å²) >= 11 is -6.02. The Kier molecular flexibility index (Phi) is 5.21. The molecule has 2 unspecified atom stereocenters. The number of fused-ring (bicyclic) bond motifs is 2. The Labute approximate surface area is 185 Å². The number of benzene rings is 2. The third-order valence-electron chi connectivity index (χ3n) is 5.50. The van der Waals surface area contributed by atoms with Crippen molar-refractivity contribution in [3.05, 3.63) is 65.7 Å². The molecule has 2 aliphatic rings. The first-order chi connectivity index (χ1) is 15.4. The molecule has 0 saturated carbocycles. The van der Waals surface area contributed by atoms with Crippen LogP contribution in [0.5, 0.6) is 0 Å². The maximum absolute atomic E-state index is 14.0. The van der Waals surface area contributed by atoms with Crippen LogP contribution in [0.1, 0.15) is 15.9 Å². The van der Waals surface area contributed by atoms with Gasteiger partial charge in [0.15, 0.2) is 0 Å². The fourth-order valence-corrected chi connectivity index (χ4v) is 12.3. The van der Waals surface area contributed by atoms with Gasteiger partial charge in [0.2, 0.25) is 0 Å². The van der Waals surface area contributed by atoms with Gasteiger partial charge in [-0.2, -0.15) is 0 Å². The van der Waals surface area contributed by atoms with Crippen molar-refractivity contribution in [2.24, 2.45) is 0 Å². The van der Waals surface area contributed by atoms with Crippen LogP contribution in [-0.4, -0.2) is 43.8 Å². The zero-order chi connectivity index (χ0) is 25.6. The third-order valence-corrected chi connectivity index (χ3v) is 12.2. The number of halogens is 12. The van der Waals surface area contributed by atoms with Gasteiger partial charge in [0.05, 0.1) is 0 Å². The first kappa shape index (κ1) is 25.1. The van der Waals surface area contributed by atoms with Crippen LogP contribution in [-0.2, 0) is 13.2 Å². The summed E-state index contributed by atoms with van der Waals surface area (Å²) in [6, 6.07) is 7.20. The van der Waals surface area contributed by atoms with Gasteiger partial charge in [0.1, 0.15) is 0 Å². The van der Waals surface area contributed by atoms with Gasteiger partial charge in [0.25, 0.3) is 0 Å². The van der Waals surface area contributed by atoms with Crippen LogP contribution in [0.4, 0.5) is 52.7 Å². The van der Waals surface area contributed by atoms with E-state index in [1.54, 1.807) is 0 Å². The molecule has 0 aliphatic carbocycles. The van der Waals surface area contributed by atoms with Crippen molar-refractivity contribution in [2.45, 2.75) is 40.7 Å². The van der Waals surface area contributed by atoms with Gasteiger partial charge in [-0.1, -0.05) is 0 Å². The van der Waals surface area contributed by atoms with E-state index in [-0.39, 0.29) is 0 Å². The van der Waals surface area contributed by atoms with Crippen LogP contribution < -0.4 is 4.46 Å². The predicted molar refractivity (Wildman–Crippen MR) is 91.8 cm³/mol. The van der Waals surface area contributed by atoms with E-state index in [1.165, 1.54) is 6.07 Å². The number of hydrogen-bond acceptors (Lipinski definition) is 2. The zero-order valence-corrected chi connectivity index (χ0v) is 17.7. The molecular formula is C19H10F12O2Se. The second-order valence-electron chi connectivity index (χ2n) is 7.41. The van der Waals surface area contributed by atoms with Crippen molar-refractivity contribution in [1.82, 2.24) is 0 Å². The molecule has 2 heterocycles. The topological polar surface area (TPSA) is 18.5 Å². The maximum atomic E-state index is 14.0. The fraction of sp³-hybridized carbons (Fsp3) is 0.368. The van der Waals surface area contributed by atoms with Crippen LogP contribution >= 0.6 is 0 Å². The van der Waals surface area contributed by atoms with E-state index in [2.05, 4.69) is 7.64 Å². The predicted octanol–water partition coefficient (Wildman–Crippen LogP) is 5.90. The molecule has 2 aromatic rings. The third kappa shape index (κ3) is 2.93. The molecule has 0 bridgehead atoms. The Morgan fingerprint density at radius 2 is 1.06 bits per heavy atom. The molecule has 34 heavy (non-hydrogen) atoms. The minimum absolute atomic E-state index is 0.315. The van der Waals surface area contributed by atoms with Crippen molar-refractivity contribution in [3.8, 4) is 0 Å². The van der Waals surface area contributed by atoms with E-state index in [9.17, 15) is 52.7 Å². The molecule has 1 saturated heterocycles. The SMILES string of the molecule is FC(F)(F)C1(C(F)(F)F)O[Se]2(OC(C(F)(F)F)(C(F)(F)F)C2c2ccccc2)c2ccccc21. The summed E-state index contributed by atoms with van der Waals surface area (Å²) in [5.41, 5.74) is -12.7. The molecule has 0 radical (unpaired) electrons. The van der Waals surface area contributed by atoms with Crippen LogP contribution in [0.3, 0.4) is 0 Å². The second kappa shape index (κ2) is 7.05. The molecule has 2 atom stereocenters.